The second-order valence-corrected chi connectivity index (χ2v) is 20.2. The second-order valence-electron chi connectivity index (χ2n) is 20.2. The molecule has 71 heavy (non-hydrogen) atoms. The SMILES string of the molecule is Cc1ccccc1-c1cc(-c2cccc(-n3c4ccc(-c5ccccc5)cc4c4cc5c(cc43)N(c3cccc(-c4ccc6c(c4)-c4ccccc4C6(C)C)c3)c3cccc4cccc-5c34)c2)ccc1C. The zero-order valence-electron chi connectivity index (χ0n) is 40.3. The van der Waals surface area contributed by atoms with Crippen molar-refractivity contribution in [2.24, 2.45) is 0 Å². The molecular formula is C69H50N2. The first-order valence-electron chi connectivity index (χ1n) is 24.9. The van der Waals surface area contributed by atoms with Crippen LogP contribution in [0.3, 0.4) is 0 Å². The van der Waals surface area contributed by atoms with Crippen LogP contribution < -0.4 is 4.90 Å². The molecule has 0 bridgehead atoms. The molecule has 0 spiro atoms. The van der Waals surface area contributed by atoms with Crippen LogP contribution in [0.2, 0.25) is 0 Å². The van der Waals surface area contributed by atoms with Crippen molar-refractivity contribution in [2.75, 3.05) is 4.90 Å². The molecule has 1 aromatic heterocycles. The van der Waals surface area contributed by atoms with Crippen LogP contribution in [-0.2, 0) is 5.41 Å². The maximum atomic E-state index is 2.52. The van der Waals surface area contributed by atoms with Gasteiger partial charge in [0.1, 0.15) is 0 Å². The van der Waals surface area contributed by atoms with Crippen molar-refractivity contribution in [3.8, 4) is 72.4 Å². The molecular weight excluding hydrogens is 857 g/mol. The van der Waals surface area contributed by atoms with E-state index in [1.807, 2.05) is 0 Å². The molecule has 0 fully saturated rings. The van der Waals surface area contributed by atoms with Gasteiger partial charge in [-0.1, -0.05) is 178 Å². The molecule has 0 unspecified atom stereocenters. The number of hydrogen-bond donors (Lipinski definition) is 0. The van der Waals surface area contributed by atoms with Crippen LogP contribution in [0.5, 0.6) is 0 Å². The molecule has 0 atom stereocenters. The quantitative estimate of drug-likeness (QED) is 0.161. The number of fused-ring (bicyclic) bond motifs is 8. The summed E-state index contributed by atoms with van der Waals surface area (Å²) in [5.74, 6) is 0. The molecule has 2 heteroatoms. The highest BCUT2D eigenvalue weighted by molar-refractivity contribution is 6.19. The largest absolute Gasteiger partial charge is 0.309 e. The fourth-order valence-electron chi connectivity index (χ4n) is 12.2. The van der Waals surface area contributed by atoms with Crippen LogP contribution in [0.4, 0.5) is 17.1 Å². The van der Waals surface area contributed by atoms with Gasteiger partial charge in [0.25, 0.3) is 0 Å². The Hall–Kier alpha value is -8.72. The maximum Gasteiger partial charge on any atom is 0.0562 e. The highest BCUT2D eigenvalue weighted by atomic mass is 15.2. The Labute approximate surface area is 415 Å². The molecule has 0 saturated heterocycles. The average molecular weight is 907 g/mol. The van der Waals surface area contributed by atoms with Crippen LogP contribution >= 0.6 is 0 Å². The summed E-state index contributed by atoms with van der Waals surface area (Å²) < 4.78 is 2.50. The lowest BCUT2D eigenvalue weighted by atomic mass is 9.82. The summed E-state index contributed by atoms with van der Waals surface area (Å²) in [6.07, 6.45) is 0. The van der Waals surface area contributed by atoms with Gasteiger partial charge in [0.05, 0.1) is 22.4 Å². The smallest absolute Gasteiger partial charge is 0.0562 e. The Morgan fingerprint density at radius 3 is 1.72 bits per heavy atom. The Morgan fingerprint density at radius 2 is 0.901 bits per heavy atom. The summed E-state index contributed by atoms with van der Waals surface area (Å²) in [4.78, 5) is 2.52. The van der Waals surface area contributed by atoms with Crippen LogP contribution in [-0.4, -0.2) is 4.57 Å². The topological polar surface area (TPSA) is 8.17 Å². The van der Waals surface area contributed by atoms with E-state index in [4.69, 9.17) is 0 Å². The predicted molar refractivity (Wildman–Crippen MR) is 301 cm³/mol. The third-order valence-electron chi connectivity index (χ3n) is 15.8. The van der Waals surface area contributed by atoms with E-state index in [0.717, 1.165) is 17.1 Å². The number of nitrogens with zero attached hydrogens (tertiary/aromatic N) is 2. The summed E-state index contributed by atoms with van der Waals surface area (Å²) in [6.45, 7) is 9.13. The zero-order chi connectivity index (χ0) is 47.5. The third kappa shape index (κ3) is 6.34. The van der Waals surface area contributed by atoms with E-state index in [9.17, 15) is 0 Å². The Bertz CT molecular complexity index is 4160. The number of aromatic nitrogens is 1. The van der Waals surface area contributed by atoms with E-state index in [2.05, 4.69) is 268 Å². The summed E-state index contributed by atoms with van der Waals surface area (Å²) in [5, 5.41) is 4.96. The minimum absolute atomic E-state index is 0.0418. The van der Waals surface area contributed by atoms with Gasteiger partial charge in [-0.15, -0.1) is 0 Å². The van der Waals surface area contributed by atoms with Gasteiger partial charge < -0.3 is 9.47 Å². The molecule has 0 saturated carbocycles. The zero-order valence-corrected chi connectivity index (χ0v) is 40.3. The monoisotopic (exact) mass is 906 g/mol. The van der Waals surface area contributed by atoms with Gasteiger partial charge in [0.2, 0.25) is 0 Å². The number of anilines is 3. The van der Waals surface area contributed by atoms with Crippen molar-refractivity contribution >= 4 is 49.6 Å². The van der Waals surface area contributed by atoms with Crippen molar-refractivity contribution in [3.63, 3.8) is 0 Å². The standard InChI is InChI=1S/C69H50N2/c1-43-16-8-9-25-54(43)57-38-50(31-30-44(57)2)47-21-12-23-52(36-47)70-64-35-33-49(45-17-6-5-7-18-45)40-59(64)61-41-60-56-27-14-19-46-20-15-29-65(68(46)56)71(66(60)42-67(61)70)53-24-13-22-48(37-53)51-32-34-63-58(39-51)55-26-10-11-28-62(55)69(63,3)4/h5-42H,1-4H3. The highest BCUT2D eigenvalue weighted by Crippen LogP contribution is 2.54. The van der Waals surface area contributed by atoms with E-state index >= 15 is 0 Å². The first-order chi connectivity index (χ1) is 34.8. The Kier molecular flexibility index (Phi) is 9.10. The fourth-order valence-corrected chi connectivity index (χ4v) is 12.2. The number of hydrogen-bond acceptors (Lipinski definition) is 1. The molecule has 2 aliphatic rings. The summed E-state index contributed by atoms with van der Waals surface area (Å²) >= 11 is 0. The highest BCUT2D eigenvalue weighted by Gasteiger charge is 2.35. The molecule has 1 aliphatic heterocycles. The molecule has 0 radical (unpaired) electrons. The molecule has 0 amide bonds. The van der Waals surface area contributed by atoms with Crippen molar-refractivity contribution in [1.82, 2.24) is 4.57 Å². The van der Waals surface area contributed by atoms with E-state index in [1.54, 1.807) is 0 Å². The summed E-state index contributed by atoms with van der Waals surface area (Å²) in [5.41, 5.74) is 27.2. The molecule has 336 valence electrons. The van der Waals surface area contributed by atoms with Gasteiger partial charge in [-0.25, -0.2) is 0 Å². The van der Waals surface area contributed by atoms with Gasteiger partial charge in [0.15, 0.2) is 0 Å². The van der Waals surface area contributed by atoms with Crippen LogP contribution in [0.25, 0.3) is 105 Å². The first kappa shape index (κ1) is 41.3. The van der Waals surface area contributed by atoms with Gasteiger partial charge in [-0.05, 0) is 169 Å². The normalized spacial score (nSPS) is 13.2. The van der Waals surface area contributed by atoms with E-state index in [1.165, 1.54) is 127 Å². The fraction of sp³-hybridized carbons (Fsp3) is 0.0725. The van der Waals surface area contributed by atoms with Crippen LogP contribution in [0.15, 0.2) is 231 Å². The lowest BCUT2D eigenvalue weighted by molar-refractivity contribution is 0.660. The predicted octanol–water partition coefficient (Wildman–Crippen LogP) is 19.0. The molecule has 0 N–H and O–H groups in total. The minimum atomic E-state index is -0.0418. The average Bonchev–Trinajstić information content (AvgIpc) is 3.86. The summed E-state index contributed by atoms with van der Waals surface area (Å²) in [6, 6.07) is 86.3. The third-order valence-corrected chi connectivity index (χ3v) is 15.8. The first-order valence-corrected chi connectivity index (χ1v) is 24.9. The molecule has 12 aromatic rings. The van der Waals surface area contributed by atoms with Crippen LogP contribution in [0.1, 0.15) is 36.1 Å². The molecule has 14 rings (SSSR count). The van der Waals surface area contributed by atoms with E-state index in [0.29, 0.717) is 0 Å². The number of benzene rings is 11. The van der Waals surface area contributed by atoms with Gasteiger partial charge >= 0.3 is 0 Å². The van der Waals surface area contributed by atoms with Gasteiger partial charge in [-0.2, -0.15) is 0 Å². The molecule has 2 heterocycles. The lowest BCUT2D eigenvalue weighted by Gasteiger charge is -2.34. The van der Waals surface area contributed by atoms with Crippen molar-refractivity contribution in [1.29, 1.82) is 0 Å². The Morgan fingerprint density at radius 1 is 0.324 bits per heavy atom. The lowest BCUT2D eigenvalue weighted by Crippen LogP contribution is -2.15. The van der Waals surface area contributed by atoms with Gasteiger partial charge in [-0.3, -0.25) is 0 Å². The van der Waals surface area contributed by atoms with Crippen molar-refractivity contribution < 1.29 is 0 Å². The molecule has 1 aliphatic carbocycles. The minimum Gasteiger partial charge on any atom is -0.309 e. The number of rotatable bonds is 6. The van der Waals surface area contributed by atoms with E-state index < -0.39 is 0 Å². The molecule has 11 aromatic carbocycles. The maximum absolute atomic E-state index is 2.52. The Balaban J connectivity index is 0.990. The van der Waals surface area contributed by atoms with Crippen molar-refractivity contribution in [3.05, 3.63) is 253 Å². The van der Waals surface area contributed by atoms with Crippen LogP contribution in [0, 0.1) is 13.8 Å². The second kappa shape index (κ2) is 15.7. The van der Waals surface area contributed by atoms with E-state index in [-0.39, 0.29) is 5.41 Å². The van der Waals surface area contributed by atoms with Gasteiger partial charge in [0, 0.05) is 38.5 Å². The van der Waals surface area contributed by atoms with Crippen molar-refractivity contribution in [2.45, 2.75) is 33.1 Å². The molecule has 2 nitrogen and oxygen atoms in total. The summed E-state index contributed by atoms with van der Waals surface area (Å²) in [7, 11) is 0. The number of aryl methyl sites for hydroxylation is 2.